The Morgan fingerprint density at radius 2 is 2.22 bits per heavy atom. The van der Waals surface area contributed by atoms with Crippen LogP contribution >= 0.6 is 11.3 Å². The number of pyridine rings is 1. The van der Waals surface area contributed by atoms with E-state index in [0.717, 1.165) is 11.4 Å². The maximum Gasteiger partial charge on any atom is 0.257 e. The van der Waals surface area contributed by atoms with Gasteiger partial charge in [0.05, 0.1) is 0 Å². The van der Waals surface area contributed by atoms with Crippen molar-refractivity contribution in [3.8, 4) is 0 Å². The lowest BCUT2D eigenvalue weighted by Gasteiger charge is -2.03. The molecule has 0 aliphatic heterocycles. The molecule has 0 saturated heterocycles. The first kappa shape index (κ1) is 12.4. The Hall–Kier alpha value is -2.02. The second kappa shape index (κ2) is 5.09. The van der Waals surface area contributed by atoms with E-state index in [0.29, 0.717) is 22.2 Å². The van der Waals surface area contributed by atoms with Crippen molar-refractivity contribution in [2.24, 2.45) is 0 Å². The molecule has 0 spiro atoms. The smallest absolute Gasteiger partial charge is 0.257 e. The number of aryl methyl sites for hydroxylation is 2. The van der Waals surface area contributed by atoms with Gasteiger partial charge in [0.25, 0.3) is 5.91 Å². The van der Waals surface area contributed by atoms with E-state index in [1.54, 1.807) is 13.0 Å². The molecule has 0 unspecified atom stereocenters. The molecule has 2 rings (SSSR count). The van der Waals surface area contributed by atoms with Gasteiger partial charge in [-0.2, -0.15) is 0 Å². The average molecular weight is 263 g/mol. The number of nitrogens with one attached hydrogen (secondary N) is 1. The molecule has 0 aliphatic rings. The van der Waals surface area contributed by atoms with Crippen LogP contribution in [0.15, 0.2) is 12.1 Å². The summed E-state index contributed by atoms with van der Waals surface area (Å²) in [4.78, 5) is 16.0. The van der Waals surface area contributed by atoms with Gasteiger partial charge in [0.2, 0.25) is 5.13 Å². The van der Waals surface area contributed by atoms with Crippen molar-refractivity contribution in [3.63, 3.8) is 0 Å². The molecule has 0 radical (unpaired) electrons. The quantitative estimate of drug-likeness (QED) is 0.878. The fraction of sp³-hybridized carbons (Fsp3) is 0.273. The topological polar surface area (TPSA) is 93.8 Å². The molecule has 0 fully saturated rings. The third-order valence-electron chi connectivity index (χ3n) is 2.23. The molecule has 1 amide bonds. The van der Waals surface area contributed by atoms with Gasteiger partial charge in [-0.1, -0.05) is 18.3 Å². The SMILES string of the molecule is CCc1nnc(NC(=O)c2cc(C)nc(N)c2)s1. The highest BCUT2D eigenvalue weighted by atomic mass is 32.1. The Kier molecular flexibility index (Phi) is 3.52. The Morgan fingerprint density at radius 1 is 1.44 bits per heavy atom. The van der Waals surface area contributed by atoms with Crippen molar-refractivity contribution in [1.82, 2.24) is 15.2 Å². The summed E-state index contributed by atoms with van der Waals surface area (Å²) in [6.45, 7) is 3.77. The van der Waals surface area contributed by atoms with Crippen LogP contribution in [0.2, 0.25) is 0 Å². The van der Waals surface area contributed by atoms with Gasteiger partial charge in [-0.15, -0.1) is 10.2 Å². The van der Waals surface area contributed by atoms with Crippen LogP contribution in [0.4, 0.5) is 10.9 Å². The highest BCUT2D eigenvalue weighted by molar-refractivity contribution is 7.15. The molecule has 6 nitrogen and oxygen atoms in total. The fourth-order valence-electron chi connectivity index (χ4n) is 1.44. The predicted molar refractivity (Wildman–Crippen MR) is 70.6 cm³/mol. The van der Waals surface area contributed by atoms with E-state index in [1.165, 1.54) is 17.4 Å². The van der Waals surface area contributed by atoms with Crippen LogP contribution in [-0.4, -0.2) is 21.1 Å². The van der Waals surface area contributed by atoms with Crippen molar-refractivity contribution >= 4 is 28.2 Å². The van der Waals surface area contributed by atoms with E-state index < -0.39 is 0 Å². The van der Waals surface area contributed by atoms with E-state index in [4.69, 9.17) is 5.73 Å². The van der Waals surface area contributed by atoms with Crippen molar-refractivity contribution in [2.45, 2.75) is 20.3 Å². The number of amides is 1. The third-order valence-corrected chi connectivity index (χ3v) is 3.21. The second-order valence-corrected chi connectivity index (χ2v) is 4.79. The first-order valence-electron chi connectivity index (χ1n) is 5.46. The van der Waals surface area contributed by atoms with Crippen molar-refractivity contribution in [2.75, 3.05) is 11.1 Å². The molecule has 0 saturated carbocycles. The number of carbonyl (C=O) groups is 1. The van der Waals surface area contributed by atoms with Crippen LogP contribution < -0.4 is 11.1 Å². The van der Waals surface area contributed by atoms with E-state index in [1.807, 2.05) is 6.92 Å². The summed E-state index contributed by atoms with van der Waals surface area (Å²) in [6.07, 6.45) is 0.800. The van der Waals surface area contributed by atoms with Gasteiger partial charge in [0.1, 0.15) is 10.8 Å². The first-order valence-corrected chi connectivity index (χ1v) is 6.28. The molecule has 18 heavy (non-hydrogen) atoms. The van der Waals surface area contributed by atoms with E-state index in [-0.39, 0.29) is 5.91 Å². The zero-order chi connectivity index (χ0) is 13.1. The molecule has 3 N–H and O–H groups in total. The molecule has 94 valence electrons. The molecular formula is C11H13N5OS. The first-order chi connectivity index (χ1) is 8.58. The number of aromatic nitrogens is 3. The maximum atomic E-state index is 12.0. The third kappa shape index (κ3) is 2.80. The molecule has 2 aromatic rings. The summed E-state index contributed by atoms with van der Waals surface area (Å²) in [7, 11) is 0. The van der Waals surface area contributed by atoms with Crippen molar-refractivity contribution in [1.29, 1.82) is 0 Å². The van der Waals surface area contributed by atoms with E-state index in [2.05, 4.69) is 20.5 Å². The Morgan fingerprint density at radius 3 is 2.83 bits per heavy atom. The number of anilines is 2. The molecule has 0 bridgehead atoms. The number of rotatable bonds is 3. The minimum absolute atomic E-state index is 0.258. The summed E-state index contributed by atoms with van der Waals surface area (Å²) >= 11 is 1.36. The number of hydrogen-bond acceptors (Lipinski definition) is 6. The van der Waals surface area contributed by atoms with Crippen molar-refractivity contribution < 1.29 is 4.79 Å². The summed E-state index contributed by atoms with van der Waals surface area (Å²) < 4.78 is 0. The normalized spacial score (nSPS) is 10.3. The summed E-state index contributed by atoms with van der Waals surface area (Å²) in [6, 6.07) is 3.21. The Balaban J connectivity index is 2.16. The fourth-order valence-corrected chi connectivity index (χ4v) is 2.12. The molecule has 2 aromatic heterocycles. The van der Waals surface area contributed by atoms with Crippen LogP contribution in [-0.2, 0) is 6.42 Å². The lowest BCUT2D eigenvalue weighted by Crippen LogP contribution is -2.13. The summed E-state index contributed by atoms with van der Waals surface area (Å²) in [5, 5.41) is 11.9. The molecule has 0 aliphatic carbocycles. The number of hydrogen-bond donors (Lipinski definition) is 2. The zero-order valence-corrected chi connectivity index (χ0v) is 10.9. The number of carbonyl (C=O) groups excluding carboxylic acids is 1. The number of nitrogens with two attached hydrogens (primary N) is 1. The molecule has 0 aromatic carbocycles. The van der Waals surface area contributed by atoms with E-state index >= 15 is 0 Å². The average Bonchev–Trinajstić information content (AvgIpc) is 2.75. The Bertz CT molecular complexity index is 560. The van der Waals surface area contributed by atoms with Crippen LogP contribution in [0.5, 0.6) is 0 Å². The van der Waals surface area contributed by atoms with Gasteiger partial charge in [-0.05, 0) is 25.5 Å². The summed E-state index contributed by atoms with van der Waals surface area (Å²) in [5.41, 5.74) is 6.77. The lowest BCUT2D eigenvalue weighted by atomic mass is 10.2. The largest absolute Gasteiger partial charge is 0.384 e. The summed E-state index contributed by atoms with van der Waals surface area (Å²) in [5.74, 6) is 0.0673. The maximum absolute atomic E-state index is 12.0. The number of nitrogens with zero attached hydrogens (tertiary/aromatic N) is 3. The van der Waals surface area contributed by atoms with Gasteiger partial charge in [0.15, 0.2) is 0 Å². The van der Waals surface area contributed by atoms with Gasteiger partial charge in [-0.3, -0.25) is 10.1 Å². The van der Waals surface area contributed by atoms with Gasteiger partial charge in [0, 0.05) is 11.3 Å². The van der Waals surface area contributed by atoms with Crippen LogP contribution in [0, 0.1) is 6.92 Å². The monoisotopic (exact) mass is 263 g/mol. The van der Waals surface area contributed by atoms with Gasteiger partial charge in [-0.25, -0.2) is 4.98 Å². The molecule has 7 heteroatoms. The standard InChI is InChI=1S/C11H13N5OS/c1-3-9-15-16-11(18-9)14-10(17)7-4-6(2)13-8(12)5-7/h4-5H,3H2,1-2H3,(H2,12,13)(H,14,16,17). The molecule has 0 atom stereocenters. The van der Waals surface area contributed by atoms with Crippen LogP contribution in [0.1, 0.15) is 28.0 Å². The lowest BCUT2D eigenvalue weighted by molar-refractivity contribution is 0.102. The number of nitrogen functional groups attached to an aromatic ring is 1. The second-order valence-electron chi connectivity index (χ2n) is 3.73. The highest BCUT2D eigenvalue weighted by Crippen LogP contribution is 2.17. The molecule has 2 heterocycles. The van der Waals surface area contributed by atoms with Crippen LogP contribution in [0.25, 0.3) is 0 Å². The minimum atomic E-state index is -0.258. The van der Waals surface area contributed by atoms with Crippen LogP contribution in [0.3, 0.4) is 0 Å². The van der Waals surface area contributed by atoms with Gasteiger partial charge >= 0.3 is 0 Å². The van der Waals surface area contributed by atoms with Crippen molar-refractivity contribution in [3.05, 3.63) is 28.4 Å². The van der Waals surface area contributed by atoms with E-state index in [9.17, 15) is 4.79 Å². The predicted octanol–water partition coefficient (Wildman–Crippen LogP) is 1.64. The minimum Gasteiger partial charge on any atom is -0.384 e. The van der Waals surface area contributed by atoms with Gasteiger partial charge < -0.3 is 5.73 Å². The zero-order valence-electron chi connectivity index (χ0n) is 10.1. The Labute approximate surface area is 108 Å². The highest BCUT2D eigenvalue weighted by Gasteiger charge is 2.11. The molecular weight excluding hydrogens is 250 g/mol.